The zero-order chi connectivity index (χ0) is 15.3. The van der Waals surface area contributed by atoms with Gasteiger partial charge in [-0.15, -0.1) is 0 Å². The molecule has 3 N–H and O–H groups in total. The molecule has 0 bridgehead atoms. The molecule has 1 rings (SSSR count). The third-order valence-electron chi connectivity index (χ3n) is 3.01. The Bertz CT molecular complexity index is 497. The first-order valence-electron chi connectivity index (χ1n) is 6.56. The van der Waals surface area contributed by atoms with Gasteiger partial charge in [0.05, 0.1) is 18.6 Å². The van der Waals surface area contributed by atoms with Gasteiger partial charge in [-0.25, -0.2) is 0 Å². The summed E-state index contributed by atoms with van der Waals surface area (Å²) in [4.78, 5) is 23.3. The number of aliphatic carboxylic acids is 1. The normalized spacial score (nSPS) is 13.8. The van der Waals surface area contributed by atoms with Gasteiger partial charge < -0.3 is 15.5 Å². The number of Topliss-reactive ketones (excluding diaryl/α,β-unsaturated/α-hetero) is 1. The number of rotatable bonds is 7. The number of aliphatic hydroxyl groups is 1. The first-order valence-corrected chi connectivity index (χ1v) is 6.56. The highest BCUT2D eigenvalue weighted by Gasteiger charge is 2.24. The summed E-state index contributed by atoms with van der Waals surface area (Å²) in [5.41, 5.74) is 2.28. The standard InChI is InChI=1S/C15H21NO4/c1-9-4-5-10(2)12(6-9)15(20)13(7-14(18)19)16-8-11(3)17/h4-6,11,13,16-17H,7-8H2,1-3H3,(H,18,19). The highest BCUT2D eigenvalue weighted by Crippen LogP contribution is 2.14. The molecule has 1 aromatic carbocycles. The summed E-state index contributed by atoms with van der Waals surface area (Å²) in [6.07, 6.45) is -0.948. The number of benzene rings is 1. The van der Waals surface area contributed by atoms with Crippen LogP contribution in [0.15, 0.2) is 18.2 Å². The lowest BCUT2D eigenvalue weighted by atomic mass is 9.96. The van der Waals surface area contributed by atoms with E-state index < -0.39 is 18.1 Å². The molecule has 0 radical (unpaired) electrons. The van der Waals surface area contributed by atoms with Gasteiger partial charge in [-0.1, -0.05) is 17.7 Å². The van der Waals surface area contributed by atoms with Crippen molar-refractivity contribution in [3.05, 3.63) is 34.9 Å². The van der Waals surface area contributed by atoms with Crippen molar-refractivity contribution in [2.45, 2.75) is 39.3 Å². The summed E-state index contributed by atoms with van der Waals surface area (Å²) in [6, 6.07) is 4.68. The molecule has 0 heterocycles. The maximum Gasteiger partial charge on any atom is 0.305 e. The van der Waals surface area contributed by atoms with Gasteiger partial charge in [0.1, 0.15) is 0 Å². The lowest BCUT2D eigenvalue weighted by Crippen LogP contribution is -2.42. The molecule has 0 aliphatic heterocycles. The van der Waals surface area contributed by atoms with Gasteiger partial charge in [-0.2, -0.15) is 0 Å². The maximum atomic E-state index is 12.5. The molecule has 0 saturated carbocycles. The van der Waals surface area contributed by atoms with Crippen LogP contribution in [0.25, 0.3) is 0 Å². The highest BCUT2D eigenvalue weighted by molar-refractivity contribution is 6.02. The van der Waals surface area contributed by atoms with Crippen LogP contribution >= 0.6 is 0 Å². The summed E-state index contributed by atoms with van der Waals surface area (Å²) in [7, 11) is 0. The SMILES string of the molecule is Cc1ccc(C)c(C(=O)C(CC(=O)O)NCC(C)O)c1. The molecule has 5 nitrogen and oxygen atoms in total. The van der Waals surface area contributed by atoms with Crippen LogP contribution in [0.5, 0.6) is 0 Å². The Morgan fingerprint density at radius 2 is 1.95 bits per heavy atom. The van der Waals surface area contributed by atoms with Crippen LogP contribution in [-0.4, -0.2) is 40.7 Å². The average Bonchev–Trinajstić information content (AvgIpc) is 2.36. The van der Waals surface area contributed by atoms with Crippen LogP contribution in [0.1, 0.15) is 34.8 Å². The van der Waals surface area contributed by atoms with Crippen LogP contribution in [0.3, 0.4) is 0 Å². The van der Waals surface area contributed by atoms with Gasteiger partial charge in [-0.3, -0.25) is 9.59 Å². The smallest absolute Gasteiger partial charge is 0.305 e. The Morgan fingerprint density at radius 1 is 1.30 bits per heavy atom. The fraction of sp³-hybridized carbons (Fsp3) is 0.467. The number of nitrogens with one attached hydrogen (secondary N) is 1. The molecule has 0 amide bonds. The van der Waals surface area contributed by atoms with E-state index in [1.54, 1.807) is 13.0 Å². The summed E-state index contributed by atoms with van der Waals surface area (Å²) in [5, 5.41) is 21.0. The Labute approximate surface area is 118 Å². The molecule has 5 heteroatoms. The Balaban J connectivity index is 2.96. The number of carboxylic acids is 1. The number of ketones is 1. The second-order valence-electron chi connectivity index (χ2n) is 5.09. The van der Waals surface area contributed by atoms with Gasteiger partial charge >= 0.3 is 5.97 Å². The molecule has 2 unspecified atom stereocenters. The average molecular weight is 279 g/mol. The van der Waals surface area contributed by atoms with Gasteiger partial charge in [0.25, 0.3) is 0 Å². The molecule has 0 fully saturated rings. The van der Waals surface area contributed by atoms with E-state index in [9.17, 15) is 14.7 Å². The van der Waals surface area contributed by atoms with E-state index >= 15 is 0 Å². The Kier molecular flexibility index (Phi) is 5.85. The number of hydrogen-bond acceptors (Lipinski definition) is 4. The number of carboxylic acid groups (broad SMARTS) is 1. The minimum Gasteiger partial charge on any atom is -0.481 e. The van der Waals surface area contributed by atoms with Crippen molar-refractivity contribution >= 4 is 11.8 Å². The third-order valence-corrected chi connectivity index (χ3v) is 3.01. The lowest BCUT2D eigenvalue weighted by Gasteiger charge is -2.18. The van der Waals surface area contributed by atoms with E-state index in [0.717, 1.165) is 11.1 Å². The lowest BCUT2D eigenvalue weighted by molar-refractivity contribution is -0.137. The summed E-state index contributed by atoms with van der Waals surface area (Å²) >= 11 is 0. The van der Waals surface area contributed by atoms with Crippen molar-refractivity contribution in [1.29, 1.82) is 0 Å². The van der Waals surface area contributed by atoms with Gasteiger partial charge in [0, 0.05) is 12.1 Å². The predicted octanol–water partition coefficient (Wildman–Crippen LogP) is 1.30. The van der Waals surface area contributed by atoms with Crippen molar-refractivity contribution in [2.75, 3.05) is 6.54 Å². The van der Waals surface area contributed by atoms with Crippen LogP contribution in [0, 0.1) is 13.8 Å². The van der Waals surface area contributed by atoms with Crippen molar-refractivity contribution in [2.24, 2.45) is 0 Å². The van der Waals surface area contributed by atoms with Gasteiger partial charge in [0.15, 0.2) is 5.78 Å². The minimum absolute atomic E-state index is 0.175. The van der Waals surface area contributed by atoms with Crippen molar-refractivity contribution in [3.63, 3.8) is 0 Å². The zero-order valence-corrected chi connectivity index (χ0v) is 12.0. The van der Waals surface area contributed by atoms with E-state index in [2.05, 4.69) is 5.32 Å². The summed E-state index contributed by atoms with van der Waals surface area (Å²) < 4.78 is 0. The molecule has 0 aromatic heterocycles. The number of carbonyl (C=O) groups is 2. The predicted molar refractivity (Wildman–Crippen MR) is 76.0 cm³/mol. The summed E-state index contributed by atoms with van der Waals surface area (Å²) in [6.45, 7) is 5.45. The van der Waals surface area contributed by atoms with Gasteiger partial charge in [0.2, 0.25) is 0 Å². The molecular formula is C15H21NO4. The molecule has 1 aromatic rings. The highest BCUT2D eigenvalue weighted by atomic mass is 16.4. The molecule has 0 spiro atoms. The number of hydrogen-bond donors (Lipinski definition) is 3. The number of aryl methyl sites for hydroxylation is 2. The summed E-state index contributed by atoms with van der Waals surface area (Å²) in [5.74, 6) is -1.30. The van der Waals surface area contributed by atoms with E-state index in [-0.39, 0.29) is 18.7 Å². The molecule has 0 aliphatic carbocycles. The third kappa shape index (κ3) is 4.75. The first kappa shape index (κ1) is 16.3. The van der Waals surface area contributed by atoms with Crippen molar-refractivity contribution in [3.8, 4) is 0 Å². The second-order valence-corrected chi connectivity index (χ2v) is 5.09. The Hall–Kier alpha value is -1.72. The van der Waals surface area contributed by atoms with Crippen LogP contribution in [-0.2, 0) is 4.79 Å². The molecule has 2 atom stereocenters. The zero-order valence-electron chi connectivity index (χ0n) is 12.0. The van der Waals surface area contributed by atoms with Crippen LogP contribution in [0.4, 0.5) is 0 Å². The number of aliphatic hydroxyl groups excluding tert-OH is 1. The molecule has 20 heavy (non-hydrogen) atoms. The van der Waals surface area contributed by atoms with Crippen LogP contribution in [0.2, 0.25) is 0 Å². The topological polar surface area (TPSA) is 86.6 Å². The minimum atomic E-state index is -1.05. The molecule has 0 saturated heterocycles. The van der Waals surface area contributed by atoms with E-state index in [1.165, 1.54) is 0 Å². The maximum absolute atomic E-state index is 12.5. The molecular weight excluding hydrogens is 258 g/mol. The van der Waals surface area contributed by atoms with Crippen molar-refractivity contribution in [1.82, 2.24) is 5.32 Å². The fourth-order valence-corrected chi connectivity index (χ4v) is 1.93. The largest absolute Gasteiger partial charge is 0.481 e. The van der Waals surface area contributed by atoms with E-state index in [1.807, 2.05) is 26.0 Å². The quantitative estimate of drug-likeness (QED) is 0.655. The molecule has 0 aliphatic rings. The van der Waals surface area contributed by atoms with E-state index in [4.69, 9.17) is 5.11 Å². The van der Waals surface area contributed by atoms with Crippen molar-refractivity contribution < 1.29 is 19.8 Å². The second kappa shape index (κ2) is 7.17. The number of carbonyl (C=O) groups excluding carboxylic acids is 1. The van der Waals surface area contributed by atoms with Gasteiger partial charge in [-0.05, 0) is 32.4 Å². The fourth-order valence-electron chi connectivity index (χ4n) is 1.93. The monoisotopic (exact) mass is 279 g/mol. The first-order chi connectivity index (χ1) is 9.31. The molecule has 110 valence electrons. The van der Waals surface area contributed by atoms with E-state index in [0.29, 0.717) is 5.56 Å². The Morgan fingerprint density at radius 3 is 2.50 bits per heavy atom. The van der Waals surface area contributed by atoms with Crippen LogP contribution < -0.4 is 5.32 Å².